The fourth-order valence-corrected chi connectivity index (χ4v) is 3.09. The molecule has 2 atom stereocenters. The second-order valence-corrected chi connectivity index (χ2v) is 6.21. The molecule has 0 saturated carbocycles. The van der Waals surface area contributed by atoms with Gasteiger partial charge in [0.1, 0.15) is 0 Å². The summed E-state index contributed by atoms with van der Waals surface area (Å²) in [6.45, 7) is 5.28. The molecular formula is C16H18N2O4S. The van der Waals surface area contributed by atoms with Crippen molar-refractivity contribution in [3.63, 3.8) is 0 Å². The van der Waals surface area contributed by atoms with Crippen molar-refractivity contribution in [1.29, 1.82) is 0 Å². The van der Waals surface area contributed by atoms with Gasteiger partial charge < -0.3 is 15.4 Å². The molecule has 0 aliphatic carbocycles. The summed E-state index contributed by atoms with van der Waals surface area (Å²) in [7, 11) is 0. The van der Waals surface area contributed by atoms with Crippen LogP contribution >= 0.6 is 11.8 Å². The first-order chi connectivity index (χ1) is 11.0. The van der Waals surface area contributed by atoms with Gasteiger partial charge >= 0.3 is 5.97 Å². The summed E-state index contributed by atoms with van der Waals surface area (Å²) in [5.41, 5.74) is 0.740. The molecule has 122 valence electrons. The van der Waals surface area contributed by atoms with E-state index in [4.69, 9.17) is 4.74 Å². The number of anilines is 1. The van der Waals surface area contributed by atoms with Crippen LogP contribution in [0.4, 0.5) is 5.69 Å². The lowest BCUT2D eigenvalue weighted by Crippen LogP contribution is -2.37. The standard InChI is InChI=1S/C16H18N2O4S/c1-3-8-17-15(20)10(2)22-14(19)9-13-16(21)18-11-6-4-5-7-12(11)23-13/h3-7,10,13H,1,8-9H2,2H3,(H,17,20)(H,18,21)/t10-,13-/m0/s1. The van der Waals surface area contributed by atoms with Gasteiger partial charge in [0.2, 0.25) is 5.91 Å². The highest BCUT2D eigenvalue weighted by atomic mass is 32.2. The molecule has 1 heterocycles. The van der Waals surface area contributed by atoms with Crippen LogP contribution in [0, 0.1) is 0 Å². The number of esters is 1. The highest BCUT2D eigenvalue weighted by Gasteiger charge is 2.30. The van der Waals surface area contributed by atoms with E-state index in [9.17, 15) is 14.4 Å². The monoisotopic (exact) mass is 334 g/mol. The smallest absolute Gasteiger partial charge is 0.308 e. The van der Waals surface area contributed by atoms with Crippen LogP contribution in [-0.2, 0) is 19.1 Å². The lowest BCUT2D eigenvalue weighted by molar-refractivity contribution is -0.155. The maximum atomic E-state index is 12.0. The first-order valence-corrected chi connectivity index (χ1v) is 8.04. The zero-order chi connectivity index (χ0) is 16.8. The van der Waals surface area contributed by atoms with Crippen molar-refractivity contribution < 1.29 is 19.1 Å². The molecular weight excluding hydrogens is 316 g/mol. The second-order valence-electron chi connectivity index (χ2n) is 4.96. The quantitative estimate of drug-likeness (QED) is 0.611. The maximum Gasteiger partial charge on any atom is 0.308 e. The minimum absolute atomic E-state index is 0.0933. The van der Waals surface area contributed by atoms with Gasteiger partial charge in [-0.1, -0.05) is 18.2 Å². The lowest BCUT2D eigenvalue weighted by atomic mass is 10.2. The third kappa shape index (κ3) is 4.59. The zero-order valence-electron chi connectivity index (χ0n) is 12.7. The van der Waals surface area contributed by atoms with Crippen LogP contribution in [0.5, 0.6) is 0 Å². The third-order valence-corrected chi connectivity index (χ3v) is 4.43. The summed E-state index contributed by atoms with van der Waals surface area (Å²) in [5, 5.41) is 4.74. The van der Waals surface area contributed by atoms with Gasteiger partial charge in [0, 0.05) is 11.4 Å². The van der Waals surface area contributed by atoms with Crippen LogP contribution in [0.2, 0.25) is 0 Å². The van der Waals surface area contributed by atoms with Crippen molar-refractivity contribution in [3.05, 3.63) is 36.9 Å². The molecule has 23 heavy (non-hydrogen) atoms. The average Bonchev–Trinajstić information content (AvgIpc) is 2.53. The normalized spacial score (nSPS) is 17.4. The number of benzene rings is 1. The number of hydrogen-bond acceptors (Lipinski definition) is 5. The van der Waals surface area contributed by atoms with Crippen molar-refractivity contribution in [2.45, 2.75) is 29.6 Å². The Morgan fingerprint density at radius 3 is 2.96 bits per heavy atom. The molecule has 2 amide bonds. The van der Waals surface area contributed by atoms with E-state index in [1.165, 1.54) is 24.8 Å². The molecule has 0 radical (unpaired) electrons. The Hall–Kier alpha value is -2.28. The van der Waals surface area contributed by atoms with E-state index in [0.717, 1.165) is 10.6 Å². The molecule has 7 heteroatoms. The number of rotatable bonds is 6. The molecule has 6 nitrogen and oxygen atoms in total. The number of carbonyl (C=O) groups excluding carboxylic acids is 3. The predicted molar refractivity (Wildman–Crippen MR) is 88.1 cm³/mol. The highest BCUT2D eigenvalue weighted by molar-refractivity contribution is 8.01. The minimum Gasteiger partial charge on any atom is -0.453 e. The predicted octanol–water partition coefficient (Wildman–Crippen LogP) is 1.72. The van der Waals surface area contributed by atoms with E-state index < -0.39 is 23.2 Å². The van der Waals surface area contributed by atoms with E-state index in [2.05, 4.69) is 17.2 Å². The number of carbonyl (C=O) groups is 3. The summed E-state index contributed by atoms with van der Waals surface area (Å²) in [4.78, 5) is 36.5. The molecule has 0 unspecified atom stereocenters. The van der Waals surface area contributed by atoms with Gasteiger partial charge in [-0.15, -0.1) is 18.3 Å². The van der Waals surface area contributed by atoms with Crippen LogP contribution in [0.25, 0.3) is 0 Å². The van der Waals surface area contributed by atoms with Gasteiger partial charge in [0.15, 0.2) is 6.10 Å². The fraction of sp³-hybridized carbons (Fsp3) is 0.312. The van der Waals surface area contributed by atoms with Gasteiger partial charge in [-0.05, 0) is 19.1 Å². The first-order valence-electron chi connectivity index (χ1n) is 7.16. The number of fused-ring (bicyclic) bond motifs is 1. The molecule has 1 aromatic rings. The summed E-state index contributed by atoms with van der Waals surface area (Å²) < 4.78 is 5.07. The van der Waals surface area contributed by atoms with E-state index in [1.807, 2.05) is 18.2 Å². The van der Waals surface area contributed by atoms with E-state index in [-0.39, 0.29) is 12.3 Å². The van der Waals surface area contributed by atoms with Crippen molar-refractivity contribution in [3.8, 4) is 0 Å². The molecule has 0 bridgehead atoms. The minimum atomic E-state index is -0.911. The Balaban J connectivity index is 1.89. The van der Waals surface area contributed by atoms with Crippen LogP contribution in [0.15, 0.2) is 41.8 Å². The number of para-hydroxylation sites is 1. The Kier molecular flexibility index (Phi) is 5.81. The van der Waals surface area contributed by atoms with Crippen LogP contribution in [0.1, 0.15) is 13.3 Å². The maximum absolute atomic E-state index is 12.0. The first kappa shape index (κ1) is 17.1. The molecule has 1 aliphatic rings. The number of thioether (sulfide) groups is 1. The van der Waals surface area contributed by atoms with Crippen LogP contribution in [0.3, 0.4) is 0 Å². The lowest BCUT2D eigenvalue weighted by Gasteiger charge is -2.23. The molecule has 0 fully saturated rings. The zero-order valence-corrected chi connectivity index (χ0v) is 13.5. The molecule has 1 aliphatic heterocycles. The highest BCUT2D eigenvalue weighted by Crippen LogP contribution is 2.36. The summed E-state index contributed by atoms with van der Waals surface area (Å²) >= 11 is 1.32. The summed E-state index contributed by atoms with van der Waals surface area (Å²) in [5.74, 6) is -1.22. The third-order valence-electron chi connectivity index (χ3n) is 3.16. The molecule has 0 aromatic heterocycles. The second kappa shape index (κ2) is 7.82. The van der Waals surface area contributed by atoms with E-state index in [0.29, 0.717) is 6.54 Å². The number of amides is 2. The fourth-order valence-electron chi connectivity index (χ4n) is 1.99. The van der Waals surface area contributed by atoms with Gasteiger partial charge in [0.05, 0.1) is 17.4 Å². The van der Waals surface area contributed by atoms with Crippen molar-refractivity contribution in [2.24, 2.45) is 0 Å². The molecule has 0 spiro atoms. The van der Waals surface area contributed by atoms with Crippen molar-refractivity contribution in [1.82, 2.24) is 5.32 Å². The Morgan fingerprint density at radius 2 is 2.22 bits per heavy atom. The molecule has 2 rings (SSSR count). The summed E-state index contributed by atoms with van der Waals surface area (Å²) in [6, 6.07) is 7.38. The average molecular weight is 334 g/mol. The number of ether oxygens (including phenoxy) is 1. The number of hydrogen-bond donors (Lipinski definition) is 2. The SMILES string of the molecule is C=CCNC(=O)[C@H](C)OC(=O)C[C@@H]1Sc2ccccc2NC1=O. The largest absolute Gasteiger partial charge is 0.453 e. The van der Waals surface area contributed by atoms with Gasteiger partial charge in [-0.25, -0.2) is 0 Å². The topological polar surface area (TPSA) is 84.5 Å². The molecule has 1 aromatic carbocycles. The molecule has 0 saturated heterocycles. The Bertz CT molecular complexity index is 632. The van der Waals surface area contributed by atoms with Crippen molar-refractivity contribution in [2.75, 3.05) is 11.9 Å². The molecule has 2 N–H and O–H groups in total. The van der Waals surface area contributed by atoms with Gasteiger partial charge in [-0.2, -0.15) is 0 Å². The van der Waals surface area contributed by atoms with Crippen LogP contribution in [-0.4, -0.2) is 35.7 Å². The van der Waals surface area contributed by atoms with Gasteiger partial charge in [0.25, 0.3) is 5.91 Å². The van der Waals surface area contributed by atoms with Crippen molar-refractivity contribution >= 4 is 35.2 Å². The summed E-state index contributed by atoms with van der Waals surface area (Å²) in [6.07, 6.45) is 0.531. The Labute approximate surface area is 138 Å². The van der Waals surface area contributed by atoms with E-state index in [1.54, 1.807) is 6.07 Å². The van der Waals surface area contributed by atoms with Gasteiger partial charge in [-0.3, -0.25) is 14.4 Å². The van der Waals surface area contributed by atoms with Crippen LogP contribution < -0.4 is 10.6 Å². The Morgan fingerprint density at radius 1 is 1.48 bits per heavy atom. The van der Waals surface area contributed by atoms with E-state index >= 15 is 0 Å². The number of nitrogens with one attached hydrogen (secondary N) is 2.